The van der Waals surface area contributed by atoms with Gasteiger partial charge in [-0.15, -0.1) is 0 Å². The molecule has 31 heavy (non-hydrogen) atoms. The van der Waals surface area contributed by atoms with E-state index in [1.54, 1.807) is 12.1 Å². The van der Waals surface area contributed by atoms with E-state index in [9.17, 15) is 14.9 Å². The van der Waals surface area contributed by atoms with Crippen molar-refractivity contribution >= 4 is 49.6 Å². The number of likely N-dealkylation sites (N-methyl/N-ethyl adjacent to an activating group) is 1. The summed E-state index contributed by atoms with van der Waals surface area (Å²) in [6, 6.07) is 14.5. The highest BCUT2D eigenvalue weighted by Gasteiger charge is 2.27. The van der Waals surface area contributed by atoms with Gasteiger partial charge in [-0.2, -0.15) is 0 Å². The van der Waals surface area contributed by atoms with Crippen molar-refractivity contribution in [3.05, 3.63) is 69.0 Å². The van der Waals surface area contributed by atoms with Gasteiger partial charge in [-0.3, -0.25) is 19.3 Å². The molecule has 1 aliphatic rings. The number of anilines is 1. The van der Waals surface area contributed by atoms with Gasteiger partial charge in [0, 0.05) is 48.4 Å². The lowest BCUT2D eigenvalue weighted by molar-refractivity contribution is -0.382. The average molecular weight is 413 g/mol. The molecule has 0 aliphatic carbocycles. The Kier molecular flexibility index (Phi) is 3.70. The van der Waals surface area contributed by atoms with Crippen LogP contribution in [-0.2, 0) is 0 Å². The SMILES string of the molecule is CN1CCN(c2cc([N+](=O)[O-])c3c4c2cccc4c(=O)n2c4ccccc4nc32)CC1. The molecule has 154 valence electrons. The van der Waals surface area contributed by atoms with Crippen molar-refractivity contribution in [3.8, 4) is 0 Å². The Balaban J connectivity index is 1.82. The van der Waals surface area contributed by atoms with Crippen LogP contribution in [0, 0.1) is 10.1 Å². The minimum Gasteiger partial charge on any atom is -0.368 e. The van der Waals surface area contributed by atoms with Crippen LogP contribution < -0.4 is 10.5 Å². The van der Waals surface area contributed by atoms with Crippen molar-refractivity contribution in [2.75, 3.05) is 38.1 Å². The van der Waals surface area contributed by atoms with E-state index in [0.29, 0.717) is 32.8 Å². The van der Waals surface area contributed by atoms with Crippen LogP contribution >= 0.6 is 0 Å². The van der Waals surface area contributed by atoms with E-state index >= 15 is 0 Å². The number of pyridine rings is 1. The lowest BCUT2D eigenvalue weighted by atomic mass is 9.98. The minimum absolute atomic E-state index is 0.0158. The molecule has 0 saturated carbocycles. The monoisotopic (exact) mass is 413 g/mol. The first kappa shape index (κ1) is 18.0. The van der Waals surface area contributed by atoms with Crippen molar-refractivity contribution in [1.82, 2.24) is 14.3 Å². The quantitative estimate of drug-likeness (QED) is 0.326. The van der Waals surface area contributed by atoms with Crippen molar-refractivity contribution < 1.29 is 4.92 Å². The number of imidazole rings is 1. The van der Waals surface area contributed by atoms with Gasteiger partial charge in [0.05, 0.1) is 21.6 Å². The molecule has 1 saturated heterocycles. The third-order valence-corrected chi connectivity index (χ3v) is 6.38. The fourth-order valence-electron chi connectivity index (χ4n) is 4.82. The topological polar surface area (TPSA) is 84.0 Å². The Labute approximate surface area is 176 Å². The molecule has 6 rings (SSSR count). The molecule has 2 aromatic heterocycles. The summed E-state index contributed by atoms with van der Waals surface area (Å²) in [5.74, 6) is 0. The molecule has 8 heteroatoms. The number of fused-ring (bicyclic) bond motifs is 4. The summed E-state index contributed by atoms with van der Waals surface area (Å²) >= 11 is 0. The summed E-state index contributed by atoms with van der Waals surface area (Å²) in [6.07, 6.45) is 0. The molecule has 0 unspecified atom stereocenters. The number of rotatable bonds is 2. The Morgan fingerprint density at radius 1 is 0.968 bits per heavy atom. The van der Waals surface area contributed by atoms with Crippen LogP contribution in [0.3, 0.4) is 0 Å². The van der Waals surface area contributed by atoms with Gasteiger partial charge in [-0.1, -0.05) is 24.3 Å². The van der Waals surface area contributed by atoms with Gasteiger partial charge >= 0.3 is 0 Å². The van der Waals surface area contributed by atoms with Crippen molar-refractivity contribution in [2.45, 2.75) is 0 Å². The number of aromatic nitrogens is 2. The number of hydrogen-bond acceptors (Lipinski definition) is 6. The van der Waals surface area contributed by atoms with E-state index in [4.69, 9.17) is 0 Å². The summed E-state index contributed by atoms with van der Waals surface area (Å²) in [5, 5.41) is 14.6. The number of nitro groups is 1. The second kappa shape index (κ2) is 6.36. The van der Waals surface area contributed by atoms with Gasteiger partial charge in [-0.05, 0) is 25.2 Å². The van der Waals surface area contributed by atoms with Crippen LogP contribution in [0.5, 0.6) is 0 Å². The van der Waals surface area contributed by atoms with E-state index in [-0.39, 0.29) is 16.2 Å². The first-order chi connectivity index (χ1) is 15.0. The van der Waals surface area contributed by atoms with E-state index < -0.39 is 0 Å². The maximum absolute atomic E-state index is 13.5. The van der Waals surface area contributed by atoms with Crippen molar-refractivity contribution in [3.63, 3.8) is 0 Å². The van der Waals surface area contributed by atoms with Gasteiger partial charge in [-0.25, -0.2) is 4.98 Å². The molecule has 0 radical (unpaired) electrons. The van der Waals surface area contributed by atoms with Crippen molar-refractivity contribution in [2.24, 2.45) is 0 Å². The zero-order valence-electron chi connectivity index (χ0n) is 16.9. The molecule has 3 heterocycles. The van der Waals surface area contributed by atoms with Crippen molar-refractivity contribution in [1.29, 1.82) is 0 Å². The van der Waals surface area contributed by atoms with Gasteiger partial charge in [0.1, 0.15) is 5.39 Å². The largest absolute Gasteiger partial charge is 0.368 e. The summed E-state index contributed by atoms with van der Waals surface area (Å²) in [7, 11) is 2.07. The zero-order valence-corrected chi connectivity index (χ0v) is 16.9. The molecule has 5 aromatic rings. The third kappa shape index (κ3) is 2.45. The average Bonchev–Trinajstić information content (AvgIpc) is 3.17. The molecule has 0 bridgehead atoms. The van der Waals surface area contributed by atoms with Gasteiger partial charge < -0.3 is 9.80 Å². The normalized spacial score (nSPS) is 15.6. The van der Waals surface area contributed by atoms with E-state index in [0.717, 1.165) is 37.3 Å². The molecule has 0 amide bonds. The predicted octanol–water partition coefficient (Wildman–Crippen LogP) is 3.25. The first-order valence-electron chi connectivity index (χ1n) is 10.2. The summed E-state index contributed by atoms with van der Waals surface area (Å²) in [6.45, 7) is 3.31. The summed E-state index contributed by atoms with van der Waals surface area (Å²) < 4.78 is 1.51. The first-order valence-corrected chi connectivity index (χ1v) is 10.2. The molecule has 0 N–H and O–H groups in total. The van der Waals surface area contributed by atoms with Gasteiger partial charge in [0.15, 0.2) is 5.65 Å². The van der Waals surface area contributed by atoms with E-state index in [1.165, 1.54) is 4.40 Å². The fourth-order valence-corrected chi connectivity index (χ4v) is 4.82. The minimum atomic E-state index is -0.357. The number of hydrogen-bond donors (Lipinski definition) is 0. The Morgan fingerprint density at radius 3 is 2.48 bits per heavy atom. The highest BCUT2D eigenvalue weighted by molar-refractivity contribution is 6.22. The van der Waals surface area contributed by atoms with Gasteiger partial charge in [0.25, 0.3) is 11.2 Å². The molecule has 0 spiro atoms. The zero-order chi connectivity index (χ0) is 21.3. The van der Waals surface area contributed by atoms with Crippen LogP contribution in [0.2, 0.25) is 0 Å². The highest BCUT2D eigenvalue weighted by Crippen LogP contribution is 2.41. The van der Waals surface area contributed by atoms with Crippen LogP contribution in [0.15, 0.2) is 53.3 Å². The van der Waals surface area contributed by atoms with Crippen LogP contribution in [0.4, 0.5) is 11.4 Å². The summed E-state index contributed by atoms with van der Waals surface area (Å²) in [4.78, 5) is 34.4. The molecule has 1 fully saturated rings. The van der Waals surface area contributed by atoms with E-state index in [2.05, 4.69) is 21.8 Å². The second-order valence-corrected chi connectivity index (χ2v) is 8.13. The standard InChI is InChI=1S/C23H19N5O3/c1-25-9-11-26(12-10-25)18-13-19(28(30)31)21-20-14(18)5-4-6-15(20)23(29)27-17-8-3-2-7-16(17)24-22(21)27/h2-8,13H,9-12H2,1H3. The lowest BCUT2D eigenvalue weighted by Crippen LogP contribution is -2.44. The molecule has 3 aromatic carbocycles. The maximum Gasteiger partial charge on any atom is 0.283 e. The number of benzene rings is 3. The molecular formula is C23H19N5O3. The Hall–Kier alpha value is -3.78. The lowest BCUT2D eigenvalue weighted by Gasteiger charge is -2.34. The smallest absolute Gasteiger partial charge is 0.283 e. The number of nitrogens with zero attached hydrogens (tertiary/aromatic N) is 5. The maximum atomic E-state index is 13.5. The molecule has 1 aliphatic heterocycles. The highest BCUT2D eigenvalue weighted by atomic mass is 16.6. The molecule has 8 nitrogen and oxygen atoms in total. The molecular weight excluding hydrogens is 394 g/mol. The van der Waals surface area contributed by atoms with Crippen LogP contribution in [0.25, 0.3) is 38.2 Å². The number of non-ortho nitro benzene ring substituents is 1. The van der Waals surface area contributed by atoms with Crippen LogP contribution in [-0.4, -0.2) is 52.4 Å². The second-order valence-electron chi connectivity index (χ2n) is 8.13. The van der Waals surface area contributed by atoms with Crippen LogP contribution in [0.1, 0.15) is 0 Å². The number of para-hydroxylation sites is 2. The van der Waals surface area contributed by atoms with E-state index in [1.807, 2.05) is 36.4 Å². The number of nitro benzene ring substituents is 1. The summed E-state index contributed by atoms with van der Waals surface area (Å²) in [5.41, 5.74) is 2.22. The fraction of sp³-hybridized carbons (Fsp3) is 0.217. The van der Waals surface area contributed by atoms with Gasteiger partial charge in [0.2, 0.25) is 0 Å². The Bertz CT molecular complexity index is 1570. The third-order valence-electron chi connectivity index (χ3n) is 6.38. The molecule has 0 atom stereocenters. The number of piperazine rings is 1. The predicted molar refractivity (Wildman–Crippen MR) is 122 cm³/mol. The Morgan fingerprint density at radius 2 is 1.71 bits per heavy atom.